The van der Waals surface area contributed by atoms with Crippen LogP contribution in [0.2, 0.25) is 5.02 Å². The maximum absolute atomic E-state index is 12.7. The van der Waals surface area contributed by atoms with Crippen molar-refractivity contribution in [2.45, 2.75) is 18.1 Å². The topological polar surface area (TPSA) is 91.3 Å². The van der Waals surface area contributed by atoms with E-state index in [-0.39, 0.29) is 12.3 Å². The highest BCUT2D eigenvalue weighted by Gasteiger charge is 2.32. The second-order valence-electron chi connectivity index (χ2n) is 6.49. The molecule has 1 aliphatic heterocycles. The molecule has 1 saturated heterocycles. The summed E-state index contributed by atoms with van der Waals surface area (Å²) < 4.78 is 10.6. The number of rotatable bonds is 7. The molecule has 158 valence electrons. The molecule has 3 rings (SSSR count). The first-order valence-electron chi connectivity index (χ1n) is 9.14. The van der Waals surface area contributed by atoms with Gasteiger partial charge >= 0.3 is 0 Å². The Morgan fingerprint density at radius 1 is 1.20 bits per heavy atom. The SMILES string of the molecule is COc1ccc(CCN2C(=O)C[C@H](C(=O)[O-])SC2=Nc2ccc(Cl)cc2)cc1OC. The van der Waals surface area contributed by atoms with Crippen LogP contribution in [-0.2, 0) is 16.0 Å². The molecule has 0 saturated carbocycles. The molecule has 0 unspecified atom stereocenters. The first-order chi connectivity index (χ1) is 14.4. The number of halogens is 1. The summed E-state index contributed by atoms with van der Waals surface area (Å²) in [6.07, 6.45) is 0.390. The molecule has 30 heavy (non-hydrogen) atoms. The number of carboxylic acids is 1. The lowest BCUT2D eigenvalue weighted by Crippen LogP contribution is -2.48. The van der Waals surface area contributed by atoms with Crippen LogP contribution >= 0.6 is 23.4 Å². The van der Waals surface area contributed by atoms with Gasteiger partial charge in [-0.05, 0) is 48.4 Å². The van der Waals surface area contributed by atoms with Crippen molar-refractivity contribution in [2.24, 2.45) is 4.99 Å². The minimum Gasteiger partial charge on any atom is -0.549 e. The molecule has 0 N–H and O–H groups in total. The molecule has 2 aromatic carbocycles. The zero-order valence-corrected chi connectivity index (χ0v) is 18.0. The summed E-state index contributed by atoms with van der Waals surface area (Å²) in [6, 6.07) is 12.3. The minimum absolute atomic E-state index is 0.140. The normalized spacial score (nSPS) is 17.8. The molecular weight excluding hydrogens is 428 g/mol. The fraction of sp³-hybridized carbons (Fsp3) is 0.286. The second-order valence-corrected chi connectivity index (χ2v) is 8.09. The van der Waals surface area contributed by atoms with Crippen molar-refractivity contribution >= 4 is 46.1 Å². The van der Waals surface area contributed by atoms with Crippen LogP contribution in [0.3, 0.4) is 0 Å². The first kappa shape index (κ1) is 22.0. The van der Waals surface area contributed by atoms with E-state index in [0.717, 1.165) is 17.3 Å². The van der Waals surface area contributed by atoms with E-state index < -0.39 is 11.2 Å². The van der Waals surface area contributed by atoms with Crippen molar-refractivity contribution in [1.29, 1.82) is 0 Å². The Balaban J connectivity index is 1.83. The van der Waals surface area contributed by atoms with Crippen molar-refractivity contribution < 1.29 is 24.2 Å². The van der Waals surface area contributed by atoms with Gasteiger partial charge in [0.1, 0.15) is 0 Å². The number of carboxylic acid groups (broad SMARTS) is 1. The molecule has 1 heterocycles. The van der Waals surface area contributed by atoms with E-state index >= 15 is 0 Å². The van der Waals surface area contributed by atoms with Crippen LogP contribution in [0.15, 0.2) is 47.5 Å². The number of hydrogen-bond acceptors (Lipinski definition) is 7. The van der Waals surface area contributed by atoms with Gasteiger partial charge in [0, 0.05) is 18.0 Å². The van der Waals surface area contributed by atoms with Gasteiger partial charge in [-0.3, -0.25) is 9.69 Å². The van der Waals surface area contributed by atoms with Crippen molar-refractivity contribution in [2.75, 3.05) is 20.8 Å². The van der Waals surface area contributed by atoms with E-state index in [4.69, 9.17) is 21.1 Å². The highest BCUT2D eigenvalue weighted by molar-refractivity contribution is 8.15. The standard InChI is InChI=1S/C21H21ClN2O5S/c1-28-16-8-3-13(11-17(16)29-2)9-10-24-19(25)12-18(20(26)27)30-21(24)23-15-6-4-14(22)5-7-15/h3-8,11,18H,9-10,12H2,1-2H3,(H,26,27)/p-1/t18-/m1/s1. The van der Waals surface area contributed by atoms with Crippen LogP contribution in [-0.4, -0.2) is 48.0 Å². The van der Waals surface area contributed by atoms with Gasteiger partial charge in [-0.2, -0.15) is 0 Å². The quantitative estimate of drug-likeness (QED) is 0.648. The van der Waals surface area contributed by atoms with Crippen LogP contribution in [0.1, 0.15) is 12.0 Å². The van der Waals surface area contributed by atoms with Crippen molar-refractivity contribution in [3.05, 3.63) is 53.1 Å². The van der Waals surface area contributed by atoms with Crippen molar-refractivity contribution in [1.82, 2.24) is 4.90 Å². The molecule has 0 spiro atoms. The molecule has 9 heteroatoms. The molecular formula is C21H20ClN2O5S-. The molecule has 0 aromatic heterocycles. The van der Waals surface area contributed by atoms with E-state index in [1.54, 1.807) is 44.6 Å². The number of amidine groups is 1. The number of ether oxygens (including phenoxy) is 2. The summed E-state index contributed by atoms with van der Waals surface area (Å²) in [5.74, 6) is -0.373. The molecule has 1 aliphatic rings. The summed E-state index contributed by atoms with van der Waals surface area (Å²) in [4.78, 5) is 30.0. The van der Waals surface area contributed by atoms with Crippen LogP contribution in [0, 0.1) is 0 Å². The van der Waals surface area contributed by atoms with Gasteiger partial charge in [0.25, 0.3) is 0 Å². The van der Waals surface area contributed by atoms with Crippen molar-refractivity contribution in [3.8, 4) is 11.5 Å². The largest absolute Gasteiger partial charge is 0.549 e. The van der Waals surface area contributed by atoms with E-state index in [2.05, 4.69) is 4.99 Å². The summed E-state index contributed by atoms with van der Waals surface area (Å²) in [6.45, 7) is 0.341. The maximum Gasteiger partial charge on any atom is 0.230 e. The summed E-state index contributed by atoms with van der Waals surface area (Å²) in [5, 5.41) is 11.3. The number of carbonyl (C=O) groups excluding carboxylic acids is 2. The predicted octanol–water partition coefficient (Wildman–Crippen LogP) is 2.67. The number of aliphatic carboxylic acids is 1. The van der Waals surface area contributed by atoms with E-state index in [1.807, 2.05) is 12.1 Å². The smallest absolute Gasteiger partial charge is 0.230 e. The van der Waals surface area contributed by atoms with Crippen LogP contribution < -0.4 is 14.6 Å². The Morgan fingerprint density at radius 2 is 1.90 bits per heavy atom. The van der Waals surface area contributed by atoms with E-state index in [9.17, 15) is 14.7 Å². The lowest BCUT2D eigenvalue weighted by atomic mass is 10.1. The van der Waals surface area contributed by atoms with Crippen LogP contribution in [0.4, 0.5) is 5.69 Å². The summed E-state index contributed by atoms with van der Waals surface area (Å²) in [7, 11) is 3.12. The minimum atomic E-state index is -1.28. The number of aliphatic imine (C=N–C) groups is 1. The number of amides is 1. The fourth-order valence-corrected chi connectivity index (χ4v) is 4.13. The van der Waals surface area contributed by atoms with Gasteiger partial charge in [-0.25, -0.2) is 4.99 Å². The Kier molecular flexibility index (Phi) is 7.23. The second kappa shape index (κ2) is 9.86. The monoisotopic (exact) mass is 447 g/mol. The van der Waals surface area contributed by atoms with Gasteiger partial charge < -0.3 is 19.4 Å². The molecule has 1 atom stereocenters. The van der Waals surface area contributed by atoms with E-state index in [0.29, 0.717) is 40.3 Å². The zero-order chi connectivity index (χ0) is 21.7. The first-order valence-corrected chi connectivity index (χ1v) is 10.4. The molecule has 1 fully saturated rings. The zero-order valence-electron chi connectivity index (χ0n) is 16.5. The number of thioether (sulfide) groups is 1. The van der Waals surface area contributed by atoms with Crippen molar-refractivity contribution in [3.63, 3.8) is 0 Å². The molecule has 0 radical (unpaired) electrons. The summed E-state index contributed by atoms with van der Waals surface area (Å²) in [5.41, 5.74) is 1.52. The Labute approximate surface area is 183 Å². The number of carbonyl (C=O) groups is 2. The third-order valence-corrected chi connectivity index (χ3v) is 5.94. The third kappa shape index (κ3) is 5.25. The molecule has 1 amide bonds. The van der Waals surface area contributed by atoms with Crippen LogP contribution in [0.25, 0.3) is 0 Å². The Bertz CT molecular complexity index is 964. The number of benzene rings is 2. The maximum atomic E-state index is 12.7. The number of hydrogen-bond donors (Lipinski definition) is 0. The average Bonchev–Trinajstić information content (AvgIpc) is 2.74. The summed E-state index contributed by atoms with van der Waals surface area (Å²) >= 11 is 6.93. The molecule has 2 aromatic rings. The highest BCUT2D eigenvalue weighted by atomic mass is 35.5. The Hall–Kier alpha value is -2.71. The van der Waals surface area contributed by atoms with Crippen LogP contribution in [0.5, 0.6) is 11.5 Å². The third-order valence-electron chi connectivity index (χ3n) is 4.53. The lowest BCUT2D eigenvalue weighted by molar-refractivity contribution is -0.304. The number of nitrogens with zero attached hydrogens (tertiary/aromatic N) is 2. The predicted molar refractivity (Wildman–Crippen MR) is 115 cm³/mol. The lowest BCUT2D eigenvalue weighted by Gasteiger charge is -2.32. The fourth-order valence-electron chi connectivity index (χ4n) is 2.95. The highest BCUT2D eigenvalue weighted by Crippen LogP contribution is 2.31. The number of methoxy groups -OCH3 is 2. The molecule has 7 nitrogen and oxygen atoms in total. The van der Waals surface area contributed by atoms with E-state index in [1.165, 1.54) is 4.90 Å². The van der Waals surface area contributed by atoms with Gasteiger partial charge in [-0.1, -0.05) is 29.4 Å². The molecule has 0 aliphatic carbocycles. The van der Waals surface area contributed by atoms with Gasteiger partial charge in [0.15, 0.2) is 16.7 Å². The van der Waals surface area contributed by atoms with Gasteiger partial charge in [0.2, 0.25) is 5.91 Å². The molecule has 0 bridgehead atoms. The van der Waals surface area contributed by atoms with Gasteiger partial charge in [-0.15, -0.1) is 0 Å². The average molecular weight is 448 g/mol. The Morgan fingerprint density at radius 3 is 2.53 bits per heavy atom. The van der Waals surface area contributed by atoms with Gasteiger partial charge in [0.05, 0.1) is 31.1 Å².